The van der Waals surface area contributed by atoms with Crippen molar-refractivity contribution in [1.82, 2.24) is 4.90 Å². The summed E-state index contributed by atoms with van der Waals surface area (Å²) in [7, 11) is 0. The maximum absolute atomic E-state index is 12.8. The smallest absolute Gasteiger partial charge is 0.289 e. The number of furan rings is 2. The number of benzene rings is 2. The minimum atomic E-state index is -0.190. The van der Waals surface area contributed by atoms with Gasteiger partial charge in [-0.05, 0) is 54.4 Å². The molecular formula is C28H26N2O4. The van der Waals surface area contributed by atoms with E-state index < -0.39 is 0 Å². The molecule has 6 nitrogen and oxygen atoms in total. The summed E-state index contributed by atoms with van der Waals surface area (Å²) in [5.74, 6) is 1.69. The van der Waals surface area contributed by atoms with Gasteiger partial charge in [0.05, 0.1) is 12.2 Å². The van der Waals surface area contributed by atoms with Crippen molar-refractivity contribution >= 4 is 17.5 Å². The molecule has 1 aliphatic heterocycles. The molecular weight excluding hydrogens is 428 g/mol. The predicted octanol–water partition coefficient (Wildman–Crippen LogP) is 5.87. The van der Waals surface area contributed by atoms with Crippen molar-refractivity contribution in [3.8, 4) is 11.3 Å². The normalized spacial score (nSPS) is 13.9. The Balaban J connectivity index is 1.27. The van der Waals surface area contributed by atoms with Crippen LogP contribution < -0.4 is 5.32 Å². The van der Waals surface area contributed by atoms with Gasteiger partial charge >= 0.3 is 0 Å². The number of hydrogen-bond donors (Lipinski definition) is 1. The lowest BCUT2D eigenvalue weighted by atomic mass is 9.95. The molecule has 2 aromatic heterocycles. The highest BCUT2D eigenvalue weighted by Gasteiger charge is 2.26. The quantitative estimate of drug-likeness (QED) is 0.395. The first-order valence-corrected chi connectivity index (χ1v) is 11.5. The molecule has 1 N–H and O–H groups in total. The van der Waals surface area contributed by atoms with Gasteiger partial charge in [-0.15, -0.1) is 0 Å². The third-order valence-electron chi connectivity index (χ3n) is 6.25. The number of fused-ring (bicyclic) bond motifs is 1. The highest BCUT2D eigenvalue weighted by atomic mass is 16.3. The van der Waals surface area contributed by atoms with Crippen molar-refractivity contribution in [1.29, 1.82) is 0 Å². The lowest BCUT2D eigenvalue weighted by molar-refractivity contribution is -0.117. The van der Waals surface area contributed by atoms with Crippen molar-refractivity contribution in [3.05, 3.63) is 102 Å². The van der Waals surface area contributed by atoms with E-state index >= 15 is 0 Å². The molecule has 0 bridgehead atoms. The monoisotopic (exact) mass is 454 g/mol. The van der Waals surface area contributed by atoms with Crippen LogP contribution in [0.3, 0.4) is 0 Å². The summed E-state index contributed by atoms with van der Waals surface area (Å²) in [6, 6.07) is 22.9. The highest BCUT2D eigenvalue weighted by molar-refractivity contribution is 5.96. The number of carbonyl (C=O) groups excluding carboxylic acids is 2. The van der Waals surface area contributed by atoms with Crippen molar-refractivity contribution in [3.63, 3.8) is 0 Å². The van der Waals surface area contributed by atoms with Crippen molar-refractivity contribution < 1.29 is 18.4 Å². The Morgan fingerprint density at radius 2 is 1.82 bits per heavy atom. The Bertz CT molecular complexity index is 1270. The van der Waals surface area contributed by atoms with Crippen LogP contribution in [0.25, 0.3) is 11.3 Å². The van der Waals surface area contributed by atoms with E-state index in [1.165, 1.54) is 6.26 Å². The van der Waals surface area contributed by atoms with Crippen LogP contribution in [0.1, 0.15) is 46.7 Å². The maximum Gasteiger partial charge on any atom is 0.289 e. The summed E-state index contributed by atoms with van der Waals surface area (Å²) in [6.45, 7) is 3.09. The van der Waals surface area contributed by atoms with Gasteiger partial charge in [0.1, 0.15) is 11.5 Å². The summed E-state index contributed by atoms with van der Waals surface area (Å²) < 4.78 is 11.3. The van der Waals surface area contributed by atoms with Gasteiger partial charge in [-0.2, -0.15) is 0 Å². The van der Waals surface area contributed by atoms with Crippen LogP contribution in [0.15, 0.2) is 87.9 Å². The topological polar surface area (TPSA) is 75.7 Å². The number of hydrogen-bond acceptors (Lipinski definition) is 4. The molecule has 0 spiro atoms. The standard InChI is InChI=1S/C28H26N2O4/c1-2-23(19-7-4-3-5-8-19)27(31)29-22-12-10-20(11-13-22)26-17-21-18-30(15-14-24(21)34-26)28(32)25-9-6-16-33-25/h3-13,16-17,23H,2,14-15,18H2,1H3,(H,29,31). The fourth-order valence-corrected chi connectivity index (χ4v) is 4.41. The minimum absolute atomic E-state index is 0.0174. The molecule has 3 heterocycles. The lowest BCUT2D eigenvalue weighted by Gasteiger charge is -2.25. The first-order valence-electron chi connectivity index (χ1n) is 11.5. The van der Waals surface area contributed by atoms with Crippen molar-refractivity contribution in [2.75, 3.05) is 11.9 Å². The number of amides is 2. The first-order chi connectivity index (χ1) is 16.6. The Kier molecular flexibility index (Phi) is 6.04. The van der Waals surface area contributed by atoms with Gasteiger partial charge in [-0.25, -0.2) is 0 Å². The number of rotatable bonds is 6. The molecule has 0 radical (unpaired) electrons. The average molecular weight is 455 g/mol. The maximum atomic E-state index is 12.8. The molecule has 2 aromatic carbocycles. The van der Waals surface area contributed by atoms with Gasteiger partial charge in [0.15, 0.2) is 5.76 Å². The molecule has 0 aliphatic carbocycles. The van der Waals surface area contributed by atoms with Crippen LogP contribution in [0.2, 0.25) is 0 Å². The SMILES string of the molecule is CCC(C(=O)Nc1ccc(-c2cc3c(o2)CCN(C(=O)c2ccco2)C3)cc1)c1ccccc1. The van der Waals surface area contributed by atoms with Crippen molar-refractivity contribution in [2.24, 2.45) is 0 Å². The molecule has 2 amide bonds. The molecule has 1 atom stereocenters. The molecule has 6 heteroatoms. The highest BCUT2D eigenvalue weighted by Crippen LogP contribution is 2.31. The number of anilines is 1. The summed E-state index contributed by atoms with van der Waals surface area (Å²) in [6.07, 6.45) is 2.90. The summed E-state index contributed by atoms with van der Waals surface area (Å²) in [5.41, 5.74) is 3.69. The summed E-state index contributed by atoms with van der Waals surface area (Å²) >= 11 is 0. The third kappa shape index (κ3) is 4.39. The van der Waals surface area contributed by atoms with Crippen LogP contribution in [-0.4, -0.2) is 23.3 Å². The average Bonchev–Trinajstić information content (AvgIpc) is 3.55. The summed E-state index contributed by atoms with van der Waals surface area (Å²) in [4.78, 5) is 27.2. The molecule has 1 unspecified atom stereocenters. The van der Waals surface area contributed by atoms with Crippen LogP contribution in [0.4, 0.5) is 5.69 Å². The van der Waals surface area contributed by atoms with Crippen LogP contribution in [-0.2, 0) is 17.8 Å². The number of nitrogens with one attached hydrogen (secondary N) is 1. The van der Waals surface area contributed by atoms with Crippen molar-refractivity contribution in [2.45, 2.75) is 32.2 Å². The Hall–Kier alpha value is -4.06. The molecule has 5 rings (SSSR count). The summed E-state index contributed by atoms with van der Waals surface area (Å²) in [5, 5.41) is 3.03. The molecule has 34 heavy (non-hydrogen) atoms. The minimum Gasteiger partial charge on any atom is -0.461 e. The third-order valence-corrected chi connectivity index (χ3v) is 6.25. The van der Waals surface area contributed by atoms with Gasteiger partial charge in [0.2, 0.25) is 5.91 Å². The Labute approximate surface area is 198 Å². The second-order valence-corrected chi connectivity index (χ2v) is 8.45. The molecule has 0 fully saturated rings. The molecule has 0 saturated carbocycles. The number of carbonyl (C=O) groups is 2. The Morgan fingerprint density at radius 1 is 1.03 bits per heavy atom. The van der Waals surface area contributed by atoms with E-state index in [-0.39, 0.29) is 17.7 Å². The van der Waals surface area contributed by atoms with E-state index in [1.54, 1.807) is 17.0 Å². The van der Waals surface area contributed by atoms with E-state index in [1.807, 2.05) is 67.6 Å². The second kappa shape index (κ2) is 9.43. The zero-order chi connectivity index (χ0) is 23.5. The molecule has 4 aromatic rings. The van der Waals surface area contributed by atoms with E-state index in [0.717, 1.165) is 40.3 Å². The van der Waals surface area contributed by atoms with E-state index in [9.17, 15) is 9.59 Å². The zero-order valence-electron chi connectivity index (χ0n) is 19.0. The van der Waals surface area contributed by atoms with Gasteiger partial charge in [-0.1, -0.05) is 37.3 Å². The molecule has 1 aliphatic rings. The Morgan fingerprint density at radius 3 is 2.53 bits per heavy atom. The second-order valence-electron chi connectivity index (χ2n) is 8.45. The lowest BCUT2D eigenvalue weighted by Crippen LogP contribution is -2.35. The van der Waals surface area contributed by atoms with Crippen LogP contribution in [0, 0.1) is 0 Å². The first kappa shape index (κ1) is 21.8. The van der Waals surface area contributed by atoms with Crippen LogP contribution >= 0.6 is 0 Å². The van der Waals surface area contributed by atoms with E-state index in [4.69, 9.17) is 8.83 Å². The van der Waals surface area contributed by atoms with Gasteiger partial charge in [-0.3, -0.25) is 9.59 Å². The number of nitrogens with zero attached hydrogens (tertiary/aromatic N) is 1. The fourth-order valence-electron chi connectivity index (χ4n) is 4.41. The molecule has 172 valence electrons. The van der Waals surface area contributed by atoms with E-state index in [2.05, 4.69) is 5.32 Å². The van der Waals surface area contributed by atoms with Gasteiger partial charge < -0.3 is 19.1 Å². The van der Waals surface area contributed by atoms with E-state index in [0.29, 0.717) is 25.3 Å². The van der Waals surface area contributed by atoms with Gasteiger partial charge in [0, 0.05) is 36.3 Å². The predicted molar refractivity (Wildman–Crippen MR) is 129 cm³/mol. The molecule has 0 saturated heterocycles. The fraction of sp³-hybridized carbons (Fsp3) is 0.214. The zero-order valence-corrected chi connectivity index (χ0v) is 19.0. The van der Waals surface area contributed by atoms with Crippen LogP contribution in [0.5, 0.6) is 0 Å². The van der Waals surface area contributed by atoms with Gasteiger partial charge in [0.25, 0.3) is 5.91 Å². The largest absolute Gasteiger partial charge is 0.461 e.